The Hall–Kier alpha value is -4.17. The van der Waals surface area contributed by atoms with E-state index in [1.807, 2.05) is 0 Å². The van der Waals surface area contributed by atoms with Crippen LogP contribution in [0.3, 0.4) is 0 Å². The summed E-state index contributed by atoms with van der Waals surface area (Å²) < 4.78 is 0. The summed E-state index contributed by atoms with van der Waals surface area (Å²) in [5, 5.41) is 18.5. The molecule has 1 rings (SSSR count). The van der Waals surface area contributed by atoms with Gasteiger partial charge in [-0.15, -0.1) is 0 Å². The molecule has 0 aromatic heterocycles. The minimum absolute atomic E-state index is 0.0572. The second-order valence-corrected chi connectivity index (χ2v) is 7.74. The van der Waals surface area contributed by atoms with Crippen LogP contribution in [0.15, 0.2) is 24.3 Å². The first kappa shape index (κ1) is 29.9. The molecule has 0 radical (unpaired) electrons. The number of hydrogen-bond acceptors (Lipinski definition) is 8. The highest BCUT2D eigenvalue weighted by molar-refractivity contribution is 5.99. The number of nitrogens with one attached hydrogen (secondary N) is 4. The Bertz CT molecular complexity index is 952. The molecule has 3 unspecified atom stereocenters. The number of rotatable bonds is 16. The van der Waals surface area contributed by atoms with E-state index < -0.39 is 54.3 Å². The molecule has 14 heteroatoms. The van der Waals surface area contributed by atoms with Gasteiger partial charge in [-0.2, -0.15) is 0 Å². The van der Waals surface area contributed by atoms with Gasteiger partial charge in [0.05, 0.1) is 12.5 Å². The highest BCUT2D eigenvalue weighted by Gasteiger charge is 2.28. The summed E-state index contributed by atoms with van der Waals surface area (Å²) in [5.74, 6) is -3.49. The maximum absolute atomic E-state index is 12.9. The number of nitrogens with two attached hydrogens (primary N) is 1. The summed E-state index contributed by atoms with van der Waals surface area (Å²) in [6.07, 6.45) is 0.500. The molecule has 14 nitrogen and oxygen atoms in total. The van der Waals surface area contributed by atoms with E-state index in [0.29, 0.717) is 18.4 Å². The Morgan fingerprint density at radius 2 is 1.56 bits per heavy atom. The van der Waals surface area contributed by atoms with Gasteiger partial charge in [-0.25, -0.2) is 4.79 Å². The lowest BCUT2D eigenvalue weighted by atomic mass is 10.1. The maximum atomic E-state index is 12.9. The second kappa shape index (κ2) is 15.7. The van der Waals surface area contributed by atoms with Crippen LogP contribution in [0.2, 0.25) is 0 Å². The second-order valence-electron chi connectivity index (χ2n) is 7.74. The summed E-state index contributed by atoms with van der Waals surface area (Å²) >= 11 is 0. The van der Waals surface area contributed by atoms with Crippen LogP contribution in [0.25, 0.3) is 0 Å². The number of carbonyl (C=O) groups excluding carboxylic acids is 6. The van der Waals surface area contributed by atoms with Gasteiger partial charge < -0.3 is 36.4 Å². The molecule has 0 saturated carbocycles. The summed E-state index contributed by atoms with van der Waals surface area (Å²) in [6.45, 7) is 0.196. The lowest BCUT2D eigenvalue weighted by Gasteiger charge is -2.24. The molecule has 0 bridgehead atoms. The highest BCUT2D eigenvalue weighted by Crippen LogP contribution is 2.10. The van der Waals surface area contributed by atoms with Crippen molar-refractivity contribution in [3.8, 4) is 0 Å². The average Bonchev–Trinajstić information content (AvgIpc) is 2.83. The largest absolute Gasteiger partial charge is 0.481 e. The molecule has 0 fully saturated rings. The van der Waals surface area contributed by atoms with Crippen molar-refractivity contribution in [1.29, 1.82) is 0 Å². The van der Waals surface area contributed by atoms with E-state index in [4.69, 9.17) is 10.8 Å². The van der Waals surface area contributed by atoms with Crippen molar-refractivity contribution in [2.75, 3.05) is 11.9 Å². The van der Waals surface area contributed by atoms with E-state index in [2.05, 4.69) is 27.0 Å². The smallest absolute Gasteiger partial charge is 0.416 e. The number of aliphatic carboxylic acids is 1. The molecule has 5 amide bonds. The van der Waals surface area contributed by atoms with Gasteiger partial charge in [0, 0.05) is 17.7 Å². The number of carboxylic acid groups (broad SMARTS) is 1. The van der Waals surface area contributed by atoms with Crippen molar-refractivity contribution >= 4 is 48.0 Å². The van der Waals surface area contributed by atoms with Crippen molar-refractivity contribution in [1.82, 2.24) is 16.0 Å². The maximum Gasteiger partial charge on any atom is 0.416 e. The molecule has 10 N–H and O–H groups in total. The van der Waals surface area contributed by atoms with Crippen LogP contribution in [0.4, 0.5) is 10.5 Å². The molecule has 0 aliphatic heterocycles. The molecule has 0 spiro atoms. The van der Waals surface area contributed by atoms with E-state index in [9.17, 15) is 33.6 Å². The monoisotopic (exact) mass is 507 g/mol. The predicted octanol–water partition coefficient (Wildman–Crippen LogP) is -2.08. The Kier molecular flexibility index (Phi) is 13.0. The van der Waals surface area contributed by atoms with Gasteiger partial charge >= 0.3 is 12.0 Å². The number of aldehydes is 2. The van der Waals surface area contributed by atoms with Crippen LogP contribution >= 0.6 is 0 Å². The Morgan fingerprint density at radius 1 is 0.944 bits per heavy atom. The Labute approximate surface area is 206 Å². The van der Waals surface area contributed by atoms with E-state index in [1.165, 1.54) is 24.3 Å². The van der Waals surface area contributed by atoms with Gasteiger partial charge in [0.25, 0.3) is 5.91 Å². The van der Waals surface area contributed by atoms with Gasteiger partial charge in [-0.3, -0.25) is 30.2 Å². The first-order valence-electron chi connectivity index (χ1n) is 11.1. The zero-order valence-corrected chi connectivity index (χ0v) is 19.5. The third kappa shape index (κ3) is 10.8. The molecule has 196 valence electrons. The van der Waals surface area contributed by atoms with Crippen LogP contribution in [0, 0.1) is 0 Å². The molecule has 3 atom stereocenters. The SMILES string of the molecule is NCCCC(NC(=O)C(CCC=O)NC(=O)c1ccc(NC([NH3+])=O)cc1)C(=O)NC(C=O)CC(=O)O. The van der Waals surface area contributed by atoms with Crippen LogP contribution in [0.1, 0.15) is 42.5 Å². The zero-order chi connectivity index (χ0) is 27.1. The molecule has 1 aromatic carbocycles. The standard InChI is InChI=1S/C22H30N6O8/c23-9-1-3-16(20(34)25-15(12-30)11-18(31)32)28-21(35)17(4-2-10-29)27-19(33)13-5-7-14(8-6-13)26-22(24)36/h5-8,10,12,15-17H,1-4,9,11,23H2,(H,25,34)(H,27,33)(H,28,35)(H,31,32)(H3,24,26,36)/p+1. The summed E-state index contributed by atoms with van der Waals surface area (Å²) in [6, 6.07) is 1.57. The number of urea groups is 1. The fraction of sp³-hybridized carbons (Fsp3) is 0.409. The molecule has 0 aliphatic carbocycles. The molecule has 0 aliphatic rings. The Balaban J connectivity index is 2.96. The highest BCUT2D eigenvalue weighted by atomic mass is 16.4. The molecule has 36 heavy (non-hydrogen) atoms. The van der Waals surface area contributed by atoms with E-state index in [0.717, 1.165) is 0 Å². The van der Waals surface area contributed by atoms with Crippen LogP contribution in [-0.4, -0.2) is 72.1 Å². The van der Waals surface area contributed by atoms with Gasteiger partial charge in [-0.1, -0.05) is 0 Å². The van der Waals surface area contributed by atoms with Gasteiger partial charge in [0.15, 0.2) is 0 Å². The number of carboxylic acids is 1. The quantitative estimate of drug-likeness (QED) is 0.121. The van der Waals surface area contributed by atoms with E-state index >= 15 is 0 Å². The molecular weight excluding hydrogens is 476 g/mol. The predicted molar refractivity (Wildman–Crippen MR) is 125 cm³/mol. The van der Waals surface area contributed by atoms with Gasteiger partial charge in [0.2, 0.25) is 11.8 Å². The lowest BCUT2D eigenvalue weighted by Crippen LogP contribution is -2.59. The number of hydrogen-bond donors (Lipinski definition) is 7. The van der Waals surface area contributed by atoms with E-state index in [1.54, 1.807) is 0 Å². The molecule has 1 aromatic rings. The fourth-order valence-corrected chi connectivity index (χ4v) is 3.08. The lowest BCUT2D eigenvalue weighted by molar-refractivity contribution is -0.242. The van der Waals surface area contributed by atoms with Crippen molar-refractivity contribution in [2.45, 2.75) is 50.2 Å². The molecule has 0 saturated heterocycles. The third-order valence-electron chi connectivity index (χ3n) is 4.84. The van der Waals surface area contributed by atoms with Crippen molar-refractivity contribution < 1.29 is 44.4 Å². The normalized spacial score (nSPS) is 12.8. The summed E-state index contributed by atoms with van der Waals surface area (Å²) in [5.41, 5.74) is 9.26. The van der Waals surface area contributed by atoms with Crippen molar-refractivity contribution in [2.24, 2.45) is 5.73 Å². The van der Waals surface area contributed by atoms with E-state index in [-0.39, 0.29) is 37.7 Å². The Morgan fingerprint density at radius 3 is 2.08 bits per heavy atom. The summed E-state index contributed by atoms with van der Waals surface area (Å²) in [4.78, 5) is 82.1. The number of carbonyl (C=O) groups is 7. The molecule has 0 heterocycles. The minimum atomic E-state index is -1.30. The fourth-order valence-electron chi connectivity index (χ4n) is 3.08. The number of amides is 5. The number of quaternary nitrogens is 1. The van der Waals surface area contributed by atoms with Crippen LogP contribution in [0.5, 0.6) is 0 Å². The third-order valence-corrected chi connectivity index (χ3v) is 4.84. The van der Waals surface area contributed by atoms with Crippen LogP contribution in [-0.2, 0) is 24.0 Å². The van der Waals surface area contributed by atoms with Crippen LogP contribution < -0.4 is 32.7 Å². The zero-order valence-electron chi connectivity index (χ0n) is 19.5. The first-order valence-corrected chi connectivity index (χ1v) is 11.1. The number of benzene rings is 1. The van der Waals surface area contributed by atoms with Crippen molar-refractivity contribution in [3.63, 3.8) is 0 Å². The number of anilines is 1. The molecular formula is C22H31N6O8+. The van der Waals surface area contributed by atoms with Gasteiger partial charge in [-0.05, 0) is 50.1 Å². The first-order chi connectivity index (χ1) is 17.1. The minimum Gasteiger partial charge on any atom is -0.481 e. The van der Waals surface area contributed by atoms with Crippen molar-refractivity contribution in [3.05, 3.63) is 29.8 Å². The topological polar surface area (TPSA) is 241 Å². The average molecular weight is 508 g/mol. The van der Waals surface area contributed by atoms with Gasteiger partial charge in [0.1, 0.15) is 24.7 Å². The summed E-state index contributed by atoms with van der Waals surface area (Å²) in [7, 11) is 0.